The van der Waals surface area contributed by atoms with Crippen LogP contribution >= 0.6 is 46.4 Å². The minimum Gasteiger partial charge on any atom is -0.492 e. The van der Waals surface area contributed by atoms with Crippen LogP contribution in [-0.2, 0) is 9.59 Å². The van der Waals surface area contributed by atoms with E-state index < -0.39 is 18.5 Å². The van der Waals surface area contributed by atoms with Crippen molar-refractivity contribution in [1.82, 2.24) is 0 Å². The van der Waals surface area contributed by atoms with E-state index in [1.165, 1.54) is 12.1 Å². The first-order valence-corrected chi connectivity index (χ1v) is 9.29. The molecule has 0 saturated heterocycles. The predicted octanol–water partition coefficient (Wildman–Crippen LogP) is 5.69. The summed E-state index contributed by atoms with van der Waals surface area (Å²) >= 11 is 22.9. The largest absolute Gasteiger partial charge is 0.492 e. The van der Waals surface area contributed by atoms with Crippen LogP contribution in [0.2, 0.25) is 20.1 Å². The molecule has 6 nitrogen and oxygen atoms in total. The smallest absolute Gasteiger partial charge is 0.341 e. The third-order valence-electron chi connectivity index (χ3n) is 2.93. The Morgan fingerprint density at radius 1 is 0.786 bits per heavy atom. The van der Waals surface area contributed by atoms with Gasteiger partial charge in [-0.1, -0.05) is 46.4 Å². The van der Waals surface area contributed by atoms with E-state index in [-0.39, 0.29) is 6.42 Å². The van der Waals surface area contributed by atoms with Gasteiger partial charge in [0.25, 0.3) is 0 Å². The molecule has 0 aromatic heterocycles. The lowest BCUT2D eigenvalue weighted by molar-refractivity contribution is -0.139. The van der Waals surface area contributed by atoms with Crippen LogP contribution in [0.15, 0.2) is 36.4 Å². The lowest BCUT2D eigenvalue weighted by Crippen LogP contribution is -2.09. The van der Waals surface area contributed by atoms with Crippen molar-refractivity contribution < 1.29 is 29.3 Å². The molecule has 0 heterocycles. The van der Waals surface area contributed by atoms with E-state index in [4.69, 9.17) is 66.1 Å². The molecule has 0 saturated carbocycles. The van der Waals surface area contributed by atoms with Crippen molar-refractivity contribution in [3.63, 3.8) is 0 Å². The summed E-state index contributed by atoms with van der Waals surface area (Å²) in [6.07, 6.45) is 0.541. The zero-order valence-corrected chi connectivity index (χ0v) is 17.4. The monoisotopic (exact) mass is 468 g/mol. The van der Waals surface area contributed by atoms with Crippen LogP contribution in [0.4, 0.5) is 0 Å². The number of carboxylic acid groups (broad SMARTS) is 2. The normalized spacial score (nSPS) is 9.86. The maximum Gasteiger partial charge on any atom is 0.341 e. The lowest BCUT2D eigenvalue weighted by atomic mass is 10.3. The van der Waals surface area contributed by atoms with Crippen molar-refractivity contribution in [2.75, 3.05) is 13.2 Å². The molecule has 2 rings (SSSR count). The van der Waals surface area contributed by atoms with E-state index in [9.17, 15) is 9.59 Å². The van der Waals surface area contributed by atoms with Gasteiger partial charge < -0.3 is 19.7 Å². The zero-order chi connectivity index (χ0) is 21.1. The van der Waals surface area contributed by atoms with Gasteiger partial charge in [0.15, 0.2) is 6.61 Å². The molecule has 2 N–H and O–H groups in total. The Kier molecular flexibility index (Phi) is 10.9. The van der Waals surface area contributed by atoms with Crippen LogP contribution < -0.4 is 9.47 Å². The van der Waals surface area contributed by atoms with Crippen molar-refractivity contribution in [3.8, 4) is 11.5 Å². The fourth-order valence-electron chi connectivity index (χ4n) is 1.73. The average Bonchev–Trinajstić information content (AvgIpc) is 2.59. The van der Waals surface area contributed by atoms with E-state index in [0.717, 1.165) is 0 Å². The van der Waals surface area contributed by atoms with Gasteiger partial charge >= 0.3 is 11.9 Å². The van der Waals surface area contributed by atoms with Gasteiger partial charge in [0.05, 0.1) is 16.7 Å². The Bertz CT molecular complexity index is 813. The summed E-state index contributed by atoms with van der Waals surface area (Å²) in [4.78, 5) is 20.4. The number of ether oxygens (including phenoxy) is 2. The van der Waals surface area contributed by atoms with Crippen LogP contribution in [0.1, 0.15) is 12.8 Å². The van der Waals surface area contributed by atoms with Crippen molar-refractivity contribution in [2.45, 2.75) is 12.8 Å². The average molecular weight is 470 g/mol. The van der Waals surface area contributed by atoms with Crippen LogP contribution in [-0.4, -0.2) is 35.4 Å². The summed E-state index contributed by atoms with van der Waals surface area (Å²) < 4.78 is 10.2. The van der Waals surface area contributed by atoms with Crippen LogP contribution in [0.5, 0.6) is 11.5 Å². The molecule has 0 unspecified atom stereocenters. The second kappa shape index (κ2) is 12.6. The number of hydrogen-bond acceptors (Lipinski definition) is 4. The Morgan fingerprint density at radius 2 is 1.29 bits per heavy atom. The number of carbonyl (C=O) groups is 2. The highest BCUT2D eigenvalue weighted by atomic mass is 35.5. The highest BCUT2D eigenvalue weighted by Gasteiger charge is 2.04. The standard InChI is InChI=1S/C10H10Cl2O3.C8H6Cl2O3/c11-7-3-4-9(8(12)6-7)15-5-1-2-10(13)14;9-5-1-2-7(6(10)3-5)13-4-8(11)12/h3-4,6H,1-2,5H2,(H,13,14);1-3H,4H2,(H,11,12). The molecule has 0 bridgehead atoms. The quantitative estimate of drug-likeness (QED) is 0.482. The number of benzene rings is 2. The summed E-state index contributed by atoms with van der Waals surface area (Å²) in [6.45, 7) is -0.0883. The number of aliphatic carboxylic acids is 2. The molecule has 10 heteroatoms. The van der Waals surface area contributed by atoms with E-state index in [1.807, 2.05) is 0 Å². The minimum absolute atomic E-state index is 0.0885. The molecule has 0 amide bonds. The fourth-order valence-corrected chi connectivity index (χ4v) is 2.66. The molecule has 0 fully saturated rings. The molecule has 0 aliphatic heterocycles. The molecule has 2 aromatic rings. The number of carboxylic acids is 2. The van der Waals surface area contributed by atoms with Gasteiger partial charge in [0, 0.05) is 16.5 Å². The van der Waals surface area contributed by atoms with Crippen molar-refractivity contribution in [2.24, 2.45) is 0 Å². The fraction of sp³-hybridized carbons (Fsp3) is 0.222. The number of rotatable bonds is 8. The molecule has 0 radical (unpaired) electrons. The number of halogens is 4. The molecule has 0 spiro atoms. The highest BCUT2D eigenvalue weighted by Crippen LogP contribution is 2.28. The third kappa shape index (κ3) is 9.90. The maximum absolute atomic E-state index is 10.2. The second-order valence-corrected chi connectivity index (χ2v) is 6.86. The van der Waals surface area contributed by atoms with Gasteiger partial charge in [-0.3, -0.25) is 4.79 Å². The first kappa shape index (κ1) is 24.2. The first-order chi connectivity index (χ1) is 13.2. The zero-order valence-electron chi connectivity index (χ0n) is 14.3. The van der Waals surface area contributed by atoms with Gasteiger partial charge in [-0.05, 0) is 42.8 Å². The van der Waals surface area contributed by atoms with Crippen LogP contribution in [0.25, 0.3) is 0 Å². The van der Waals surface area contributed by atoms with Gasteiger partial charge in [-0.25, -0.2) is 4.79 Å². The maximum atomic E-state index is 10.2. The lowest BCUT2D eigenvalue weighted by Gasteiger charge is -2.06. The van der Waals surface area contributed by atoms with E-state index in [2.05, 4.69) is 0 Å². The molecular formula is C18H16Cl4O6. The van der Waals surface area contributed by atoms with Crippen LogP contribution in [0.3, 0.4) is 0 Å². The summed E-state index contributed by atoms with van der Waals surface area (Å²) in [5, 5.41) is 18.5. The summed E-state index contributed by atoms with van der Waals surface area (Å²) in [6, 6.07) is 9.49. The van der Waals surface area contributed by atoms with E-state index in [0.29, 0.717) is 44.6 Å². The van der Waals surface area contributed by atoms with Gasteiger partial charge in [-0.15, -0.1) is 0 Å². The SMILES string of the molecule is O=C(O)CCCOc1ccc(Cl)cc1Cl.O=C(O)COc1ccc(Cl)cc1Cl. The topological polar surface area (TPSA) is 93.1 Å². The summed E-state index contributed by atoms with van der Waals surface area (Å²) in [5.41, 5.74) is 0. The summed E-state index contributed by atoms with van der Waals surface area (Å²) in [7, 11) is 0. The van der Waals surface area contributed by atoms with Gasteiger partial charge in [0.1, 0.15) is 11.5 Å². The highest BCUT2D eigenvalue weighted by molar-refractivity contribution is 6.36. The Labute approximate surface area is 181 Å². The second-order valence-electron chi connectivity index (χ2n) is 5.18. The predicted molar refractivity (Wildman–Crippen MR) is 108 cm³/mol. The molecule has 0 aliphatic carbocycles. The third-order valence-corrected chi connectivity index (χ3v) is 3.99. The van der Waals surface area contributed by atoms with Crippen molar-refractivity contribution in [1.29, 1.82) is 0 Å². The molecule has 0 atom stereocenters. The van der Waals surface area contributed by atoms with E-state index >= 15 is 0 Å². The van der Waals surface area contributed by atoms with Gasteiger partial charge in [-0.2, -0.15) is 0 Å². The Balaban J connectivity index is 0.000000283. The Morgan fingerprint density at radius 3 is 1.71 bits per heavy atom. The van der Waals surface area contributed by atoms with Gasteiger partial charge in [0.2, 0.25) is 0 Å². The summed E-state index contributed by atoms with van der Waals surface area (Å²) in [5.74, 6) is -1.05. The first-order valence-electron chi connectivity index (χ1n) is 7.78. The van der Waals surface area contributed by atoms with Crippen molar-refractivity contribution >= 4 is 58.3 Å². The minimum atomic E-state index is -1.05. The molecule has 2 aromatic carbocycles. The van der Waals surface area contributed by atoms with Crippen molar-refractivity contribution in [3.05, 3.63) is 56.5 Å². The Hall–Kier alpha value is -1.86. The molecule has 152 valence electrons. The molecule has 28 heavy (non-hydrogen) atoms. The van der Waals surface area contributed by atoms with E-state index in [1.54, 1.807) is 24.3 Å². The molecular weight excluding hydrogens is 454 g/mol. The number of hydrogen-bond donors (Lipinski definition) is 2. The molecule has 0 aliphatic rings. The van der Waals surface area contributed by atoms with Crippen LogP contribution in [0, 0.1) is 0 Å².